The van der Waals surface area contributed by atoms with Gasteiger partial charge >= 0.3 is 0 Å². The highest BCUT2D eigenvalue weighted by molar-refractivity contribution is 4.95. The fourth-order valence-corrected chi connectivity index (χ4v) is 4.22. The van der Waals surface area contributed by atoms with E-state index in [-0.39, 0.29) is 5.54 Å². The number of likely N-dealkylation sites (N-methyl/N-ethyl adjacent to an activating group) is 1. The van der Waals surface area contributed by atoms with Crippen molar-refractivity contribution in [3.63, 3.8) is 0 Å². The Kier molecular flexibility index (Phi) is 7.00. The Labute approximate surface area is 127 Å². The van der Waals surface area contributed by atoms with Crippen LogP contribution < -0.4 is 5.73 Å². The molecule has 1 saturated carbocycles. The van der Waals surface area contributed by atoms with Crippen LogP contribution in [0.15, 0.2) is 0 Å². The lowest BCUT2D eigenvalue weighted by molar-refractivity contribution is 0.0205. The summed E-state index contributed by atoms with van der Waals surface area (Å²) >= 11 is 0. The van der Waals surface area contributed by atoms with Crippen molar-refractivity contribution < 1.29 is 0 Å². The van der Waals surface area contributed by atoms with Gasteiger partial charge in [-0.05, 0) is 63.3 Å². The predicted molar refractivity (Wildman–Crippen MR) is 89.9 cm³/mol. The Morgan fingerprint density at radius 1 is 1.00 bits per heavy atom. The number of rotatable bonds is 7. The van der Waals surface area contributed by atoms with E-state index in [0.29, 0.717) is 11.8 Å². The minimum absolute atomic E-state index is 0.202. The standard InChI is InChI=1S/C18H38N2/c1-14(2)11-18(13-19,12-15(3)4)20(6)17-9-7-16(5)8-10-17/h14-17H,7-13,19H2,1-6H3. The molecule has 2 N–H and O–H groups in total. The van der Waals surface area contributed by atoms with Crippen molar-refractivity contribution in [1.82, 2.24) is 4.90 Å². The molecule has 1 fully saturated rings. The van der Waals surface area contributed by atoms with Gasteiger partial charge in [-0.2, -0.15) is 0 Å². The van der Waals surface area contributed by atoms with Gasteiger partial charge in [0, 0.05) is 18.1 Å². The van der Waals surface area contributed by atoms with E-state index in [1.165, 1.54) is 38.5 Å². The summed E-state index contributed by atoms with van der Waals surface area (Å²) < 4.78 is 0. The molecule has 0 aromatic carbocycles. The third-order valence-corrected chi connectivity index (χ3v) is 5.24. The van der Waals surface area contributed by atoms with Crippen LogP contribution in [0.5, 0.6) is 0 Å². The number of nitrogens with two attached hydrogens (primary N) is 1. The lowest BCUT2D eigenvalue weighted by Gasteiger charge is -2.49. The van der Waals surface area contributed by atoms with Gasteiger partial charge in [-0.25, -0.2) is 0 Å². The lowest BCUT2D eigenvalue weighted by atomic mass is 9.77. The van der Waals surface area contributed by atoms with Crippen molar-refractivity contribution in [3.05, 3.63) is 0 Å². The SMILES string of the molecule is CC(C)CC(CN)(CC(C)C)N(C)C1CCC(C)CC1. The summed E-state index contributed by atoms with van der Waals surface area (Å²) in [5, 5.41) is 0. The zero-order valence-electron chi connectivity index (χ0n) is 14.8. The van der Waals surface area contributed by atoms with E-state index >= 15 is 0 Å². The second-order valence-electron chi connectivity index (χ2n) is 8.15. The molecule has 120 valence electrons. The second kappa shape index (κ2) is 7.79. The highest BCUT2D eigenvalue weighted by Gasteiger charge is 2.38. The van der Waals surface area contributed by atoms with Crippen LogP contribution in [0.25, 0.3) is 0 Å². The summed E-state index contributed by atoms with van der Waals surface area (Å²) in [5.41, 5.74) is 6.50. The normalized spacial score (nSPS) is 24.9. The molecule has 1 aliphatic carbocycles. The molecular formula is C18H38N2. The third kappa shape index (κ3) is 4.73. The Bertz CT molecular complexity index is 255. The quantitative estimate of drug-likeness (QED) is 0.755. The molecule has 0 amide bonds. The van der Waals surface area contributed by atoms with Gasteiger partial charge in [-0.15, -0.1) is 0 Å². The molecule has 1 aliphatic rings. The lowest BCUT2D eigenvalue weighted by Crippen LogP contribution is -2.57. The Morgan fingerprint density at radius 2 is 1.45 bits per heavy atom. The average Bonchev–Trinajstić information content (AvgIpc) is 2.36. The highest BCUT2D eigenvalue weighted by Crippen LogP contribution is 2.36. The van der Waals surface area contributed by atoms with Gasteiger partial charge in [0.05, 0.1) is 0 Å². The van der Waals surface area contributed by atoms with Crippen molar-refractivity contribution in [3.8, 4) is 0 Å². The number of hydrogen-bond donors (Lipinski definition) is 1. The van der Waals surface area contributed by atoms with Crippen LogP contribution in [-0.4, -0.2) is 30.1 Å². The molecule has 0 unspecified atom stereocenters. The largest absolute Gasteiger partial charge is 0.329 e. The zero-order valence-corrected chi connectivity index (χ0v) is 14.8. The van der Waals surface area contributed by atoms with Crippen molar-refractivity contribution in [2.24, 2.45) is 23.5 Å². The van der Waals surface area contributed by atoms with Crippen LogP contribution in [0.3, 0.4) is 0 Å². The molecular weight excluding hydrogens is 244 g/mol. The van der Waals surface area contributed by atoms with E-state index in [1.807, 2.05) is 0 Å². The summed E-state index contributed by atoms with van der Waals surface area (Å²) in [7, 11) is 2.35. The minimum atomic E-state index is 0.202. The van der Waals surface area contributed by atoms with Crippen LogP contribution in [0.4, 0.5) is 0 Å². The van der Waals surface area contributed by atoms with Gasteiger partial charge in [0.15, 0.2) is 0 Å². The molecule has 0 aliphatic heterocycles. The van der Waals surface area contributed by atoms with E-state index in [1.54, 1.807) is 0 Å². The number of nitrogens with zero attached hydrogens (tertiary/aromatic N) is 1. The van der Waals surface area contributed by atoms with Gasteiger partial charge in [-0.3, -0.25) is 4.90 Å². The smallest absolute Gasteiger partial charge is 0.0336 e. The maximum atomic E-state index is 6.30. The van der Waals surface area contributed by atoms with E-state index < -0.39 is 0 Å². The van der Waals surface area contributed by atoms with Gasteiger partial charge in [0.2, 0.25) is 0 Å². The topological polar surface area (TPSA) is 29.3 Å². The van der Waals surface area contributed by atoms with Crippen molar-refractivity contribution in [2.45, 2.75) is 84.7 Å². The Morgan fingerprint density at radius 3 is 1.80 bits per heavy atom. The van der Waals surface area contributed by atoms with Crippen molar-refractivity contribution in [1.29, 1.82) is 0 Å². The molecule has 0 aromatic rings. The fraction of sp³-hybridized carbons (Fsp3) is 1.00. The first-order chi connectivity index (χ1) is 9.30. The second-order valence-corrected chi connectivity index (χ2v) is 8.15. The molecule has 0 bridgehead atoms. The van der Waals surface area contributed by atoms with E-state index in [2.05, 4.69) is 46.6 Å². The Balaban J connectivity index is 2.84. The Hall–Kier alpha value is -0.0800. The van der Waals surface area contributed by atoms with E-state index in [0.717, 1.165) is 18.5 Å². The summed E-state index contributed by atoms with van der Waals surface area (Å²) in [6.45, 7) is 12.5. The molecule has 0 atom stereocenters. The van der Waals surface area contributed by atoms with Crippen molar-refractivity contribution in [2.75, 3.05) is 13.6 Å². The van der Waals surface area contributed by atoms with Crippen LogP contribution in [0, 0.1) is 17.8 Å². The maximum Gasteiger partial charge on any atom is 0.0336 e. The molecule has 1 rings (SSSR count). The van der Waals surface area contributed by atoms with Crippen LogP contribution >= 0.6 is 0 Å². The van der Waals surface area contributed by atoms with E-state index in [4.69, 9.17) is 5.73 Å². The average molecular weight is 283 g/mol. The first kappa shape index (κ1) is 18.0. The molecule has 0 radical (unpaired) electrons. The summed E-state index contributed by atoms with van der Waals surface area (Å²) in [5.74, 6) is 2.34. The van der Waals surface area contributed by atoms with Crippen LogP contribution in [-0.2, 0) is 0 Å². The van der Waals surface area contributed by atoms with Gasteiger partial charge in [0.25, 0.3) is 0 Å². The molecule has 0 heterocycles. The van der Waals surface area contributed by atoms with Gasteiger partial charge < -0.3 is 5.73 Å². The fourth-order valence-electron chi connectivity index (χ4n) is 4.22. The molecule has 2 heteroatoms. The van der Waals surface area contributed by atoms with Crippen LogP contribution in [0.1, 0.15) is 73.1 Å². The summed E-state index contributed by atoms with van der Waals surface area (Å²) in [6.07, 6.45) is 7.94. The number of hydrogen-bond acceptors (Lipinski definition) is 2. The van der Waals surface area contributed by atoms with Gasteiger partial charge in [-0.1, -0.05) is 34.6 Å². The molecule has 0 spiro atoms. The van der Waals surface area contributed by atoms with Crippen LogP contribution in [0.2, 0.25) is 0 Å². The molecule has 0 aromatic heterocycles. The third-order valence-electron chi connectivity index (χ3n) is 5.24. The molecule has 20 heavy (non-hydrogen) atoms. The summed E-state index contributed by atoms with van der Waals surface area (Å²) in [6, 6.07) is 0.743. The highest BCUT2D eigenvalue weighted by atomic mass is 15.2. The first-order valence-electron chi connectivity index (χ1n) is 8.73. The minimum Gasteiger partial charge on any atom is -0.329 e. The van der Waals surface area contributed by atoms with E-state index in [9.17, 15) is 0 Å². The van der Waals surface area contributed by atoms with Gasteiger partial charge in [0.1, 0.15) is 0 Å². The first-order valence-corrected chi connectivity index (χ1v) is 8.73. The zero-order chi connectivity index (χ0) is 15.3. The van der Waals surface area contributed by atoms with Crippen molar-refractivity contribution >= 4 is 0 Å². The maximum absolute atomic E-state index is 6.30. The molecule has 0 saturated heterocycles. The monoisotopic (exact) mass is 282 g/mol. The predicted octanol–water partition coefficient (Wildman–Crippen LogP) is 4.29. The molecule has 2 nitrogen and oxygen atoms in total. The summed E-state index contributed by atoms with van der Waals surface area (Å²) in [4.78, 5) is 2.68.